The maximum Gasteiger partial charge on any atom is 0.327 e. The van der Waals surface area contributed by atoms with E-state index in [1.807, 2.05) is 0 Å². The largest absolute Gasteiger partial charge is 0.480 e. The van der Waals surface area contributed by atoms with Crippen molar-refractivity contribution in [1.29, 1.82) is 0 Å². The summed E-state index contributed by atoms with van der Waals surface area (Å²) in [5, 5.41) is 25.6. The summed E-state index contributed by atoms with van der Waals surface area (Å²) in [4.78, 5) is 47.5. The zero-order valence-corrected chi connectivity index (χ0v) is 16.9. The Bertz CT molecular complexity index is 548. The number of aliphatic hydroxyl groups excluding tert-OH is 1. The molecule has 3 amide bonds. The molecule has 0 rings (SSSR count). The van der Waals surface area contributed by atoms with Crippen molar-refractivity contribution in [2.45, 2.75) is 63.4 Å². The molecule has 0 aliphatic heterocycles. The Morgan fingerprint density at radius 3 is 2.07 bits per heavy atom. The van der Waals surface area contributed by atoms with Crippen molar-refractivity contribution in [3.05, 3.63) is 0 Å². The van der Waals surface area contributed by atoms with Crippen LogP contribution >= 0.6 is 12.6 Å². The van der Waals surface area contributed by atoms with Gasteiger partial charge in [0.2, 0.25) is 17.7 Å². The number of amides is 3. The molecule has 0 aromatic rings. The van der Waals surface area contributed by atoms with Crippen LogP contribution in [-0.2, 0) is 19.2 Å². The van der Waals surface area contributed by atoms with Crippen LogP contribution in [0.4, 0.5) is 0 Å². The number of aliphatic hydroxyl groups is 1. The highest BCUT2D eigenvalue weighted by Crippen LogP contribution is 2.00. The van der Waals surface area contributed by atoms with Gasteiger partial charge in [0.05, 0.1) is 12.1 Å². The van der Waals surface area contributed by atoms with Gasteiger partial charge in [-0.1, -0.05) is 6.42 Å². The Labute approximate surface area is 169 Å². The fourth-order valence-electron chi connectivity index (χ4n) is 2.16. The molecule has 0 bridgehead atoms. The molecule has 0 fully saturated rings. The van der Waals surface area contributed by atoms with Crippen molar-refractivity contribution in [2.24, 2.45) is 11.5 Å². The number of nitrogens with one attached hydrogen (secondary N) is 3. The van der Waals surface area contributed by atoms with E-state index in [9.17, 15) is 24.3 Å². The van der Waals surface area contributed by atoms with E-state index in [4.69, 9.17) is 16.6 Å². The summed E-state index contributed by atoms with van der Waals surface area (Å²) in [5.41, 5.74) is 11.1. The smallest absolute Gasteiger partial charge is 0.327 e. The molecule has 0 heterocycles. The Hall–Kier alpha value is -1.89. The molecule has 0 spiro atoms. The van der Waals surface area contributed by atoms with E-state index in [2.05, 4.69) is 28.6 Å². The predicted molar refractivity (Wildman–Crippen MR) is 106 cm³/mol. The number of unbranched alkanes of at least 4 members (excludes halogenated alkanes) is 1. The van der Waals surface area contributed by atoms with Crippen LogP contribution in [0, 0.1) is 0 Å². The van der Waals surface area contributed by atoms with Crippen molar-refractivity contribution >= 4 is 36.3 Å². The van der Waals surface area contributed by atoms with E-state index < -0.39 is 54.0 Å². The number of hydrogen-bond donors (Lipinski definition) is 8. The predicted octanol–water partition coefficient (Wildman–Crippen LogP) is -2.69. The molecule has 5 unspecified atom stereocenters. The molecule has 0 radical (unpaired) electrons. The Morgan fingerprint density at radius 2 is 1.61 bits per heavy atom. The summed E-state index contributed by atoms with van der Waals surface area (Å²) >= 11 is 3.83. The van der Waals surface area contributed by atoms with Crippen LogP contribution in [0.15, 0.2) is 0 Å². The Morgan fingerprint density at radius 1 is 1.00 bits per heavy atom. The molecule has 0 saturated carbocycles. The van der Waals surface area contributed by atoms with Gasteiger partial charge in [-0.2, -0.15) is 12.6 Å². The van der Waals surface area contributed by atoms with Crippen LogP contribution in [0.25, 0.3) is 0 Å². The van der Waals surface area contributed by atoms with Gasteiger partial charge >= 0.3 is 5.97 Å². The van der Waals surface area contributed by atoms with Crippen LogP contribution in [0.3, 0.4) is 0 Å². The summed E-state index contributed by atoms with van der Waals surface area (Å²) in [6, 6.07) is -4.52. The summed E-state index contributed by atoms with van der Waals surface area (Å²) in [6.07, 6.45) is 0.508. The Kier molecular flexibility index (Phi) is 12.4. The lowest BCUT2D eigenvalue weighted by Gasteiger charge is -2.25. The molecule has 5 atom stereocenters. The zero-order chi connectivity index (χ0) is 21.9. The number of carboxylic acid groups (broad SMARTS) is 1. The van der Waals surface area contributed by atoms with Crippen LogP contribution in [0.2, 0.25) is 0 Å². The van der Waals surface area contributed by atoms with E-state index in [1.54, 1.807) is 0 Å². The summed E-state index contributed by atoms with van der Waals surface area (Å²) in [7, 11) is 0. The number of rotatable bonds is 13. The third kappa shape index (κ3) is 9.35. The molecule has 11 nitrogen and oxygen atoms in total. The van der Waals surface area contributed by atoms with Crippen LogP contribution < -0.4 is 27.4 Å². The highest BCUT2D eigenvalue weighted by atomic mass is 32.1. The third-order valence-corrected chi connectivity index (χ3v) is 4.28. The van der Waals surface area contributed by atoms with Gasteiger partial charge in [0, 0.05) is 5.75 Å². The fraction of sp³-hybridized carbons (Fsp3) is 0.750. The molecule has 162 valence electrons. The maximum absolute atomic E-state index is 12.3. The minimum absolute atomic E-state index is 0.171. The maximum atomic E-state index is 12.3. The molecule has 0 aromatic heterocycles. The lowest BCUT2D eigenvalue weighted by Crippen LogP contribution is -2.59. The first kappa shape index (κ1) is 26.1. The lowest BCUT2D eigenvalue weighted by molar-refractivity contribution is -0.142. The van der Waals surface area contributed by atoms with Crippen molar-refractivity contribution in [2.75, 3.05) is 12.3 Å². The highest BCUT2D eigenvalue weighted by Gasteiger charge is 2.31. The fourth-order valence-corrected chi connectivity index (χ4v) is 2.40. The number of aliphatic carboxylic acids is 1. The third-order valence-electron chi connectivity index (χ3n) is 3.92. The second kappa shape index (κ2) is 13.3. The van der Waals surface area contributed by atoms with E-state index in [0.29, 0.717) is 19.4 Å². The van der Waals surface area contributed by atoms with Crippen molar-refractivity contribution in [3.63, 3.8) is 0 Å². The average molecular weight is 422 g/mol. The van der Waals surface area contributed by atoms with Gasteiger partial charge in [0.1, 0.15) is 18.1 Å². The topological polar surface area (TPSA) is 197 Å². The average Bonchev–Trinajstić information content (AvgIpc) is 2.62. The molecule has 0 saturated heterocycles. The summed E-state index contributed by atoms with van der Waals surface area (Å²) < 4.78 is 0. The van der Waals surface area contributed by atoms with Crippen LogP contribution in [0.1, 0.15) is 33.1 Å². The molecule has 0 aliphatic carbocycles. The first-order valence-electron chi connectivity index (χ1n) is 8.93. The van der Waals surface area contributed by atoms with Crippen molar-refractivity contribution in [3.8, 4) is 0 Å². The number of thiol groups is 1. The molecule has 12 heteroatoms. The van der Waals surface area contributed by atoms with Gasteiger partial charge in [-0.05, 0) is 33.2 Å². The van der Waals surface area contributed by atoms with Crippen LogP contribution in [-0.4, -0.2) is 76.5 Å². The first-order valence-corrected chi connectivity index (χ1v) is 9.56. The number of hydrogen-bond acceptors (Lipinski definition) is 8. The normalized spacial score (nSPS) is 16.2. The molecule has 0 aromatic carbocycles. The number of carbonyl (C=O) groups is 4. The van der Waals surface area contributed by atoms with Gasteiger partial charge in [0.25, 0.3) is 0 Å². The number of carboxylic acids is 1. The highest BCUT2D eigenvalue weighted by molar-refractivity contribution is 7.80. The van der Waals surface area contributed by atoms with E-state index in [-0.39, 0.29) is 5.75 Å². The van der Waals surface area contributed by atoms with Gasteiger partial charge in [-0.3, -0.25) is 14.4 Å². The van der Waals surface area contributed by atoms with Crippen molar-refractivity contribution in [1.82, 2.24) is 16.0 Å². The minimum Gasteiger partial charge on any atom is -0.480 e. The minimum atomic E-state index is -1.41. The Balaban J connectivity index is 4.80. The monoisotopic (exact) mass is 421 g/mol. The van der Waals surface area contributed by atoms with Gasteiger partial charge in [0.15, 0.2) is 0 Å². The summed E-state index contributed by atoms with van der Waals surface area (Å²) in [6.45, 7) is 3.15. The van der Waals surface area contributed by atoms with Gasteiger partial charge in [-0.15, -0.1) is 0 Å². The molecular formula is C16H31N5O6S. The second-order valence-corrected chi connectivity index (χ2v) is 6.80. The SMILES string of the molecule is CC(NC(=O)C(N)CCCCN)C(=O)NC(C(=O)NC(CS)C(=O)O)C(C)O. The van der Waals surface area contributed by atoms with Crippen LogP contribution in [0.5, 0.6) is 0 Å². The van der Waals surface area contributed by atoms with Gasteiger partial charge < -0.3 is 37.6 Å². The van der Waals surface area contributed by atoms with Gasteiger partial charge in [-0.25, -0.2) is 4.79 Å². The lowest BCUT2D eigenvalue weighted by atomic mass is 10.1. The van der Waals surface area contributed by atoms with E-state index >= 15 is 0 Å². The summed E-state index contributed by atoms with van der Waals surface area (Å²) in [5.74, 6) is -3.62. The zero-order valence-electron chi connectivity index (χ0n) is 16.1. The van der Waals surface area contributed by atoms with E-state index in [0.717, 1.165) is 6.42 Å². The molecule has 28 heavy (non-hydrogen) atoms. The molecular weight excluding hydrogens is 390 g/mol. The number of carbonyl (C=O) groups excluding carboxylic acids is 3. The quantitative estimate of drug-likeness (QED) is 0.116. The van der Waals surface area contributed by atoms with Crippen molar-refractivity contribution < 1.29 is 29.4 Å². The molecule has 9 N–H and O–H groups in total. The first-order chi connectivity index (χ1) is 13.0. The second-order valence-electron chi connectivity index (χ2n) is 6.43. The molecule has 0 aliphatic rings. The standard InChI is InChI=1S/C16H31N5O6S/c1-8(19-14(24)10(18)5-3-4-6-17)13(23)21-12(9(2)22)15(25)20-11(7-28)16(26)27/h8-12,22,28H,3-7,17-18H2,1-2H3,(H,19,24)(H,20,25)(H,21,23)(H,26,27). The van der Waals surface area contributed by atoms with E-state index in [1.165, 1.54) is 13.8 Å². The number of nitrogens with two attached hydrogens (primary N) is 2.